The van der Waals surface area contributed by atoms with E-state index in [2.05, 4.69) is 5.32 Å². The van der Waals surface area contributed by atoms with Gasteiger partial charge in [0.2, 0.25) is 6.41 Å². The molecule has 0 saturated heterocycles. The lowest BCUT2D eigenvalue weighted by molar-refractivity contribution is -0.323. The summed E-state index contributed by atoms with van der Waals surface area (Å²) in [5.74, 6) is -2.38. The van der Waals surface area contributed by atoms with Gasteiger partial charge in [-0.1, -0.05) is 30.8 Å². The summed E-state index contributed by atoms with van der Waals surface area (Å²) in [4.78, 5) is 49.8. The highest BCUT2D eigenvalue weighted by atomic mass is 32.2. The zero-order valence-corrected chi connectivity index (χ0v) is 25.7. The van der Waals surface area contributed by atoms with Crippen molar-refractivity contribution in [3.05, 3.63) is 72.3 Å². The van der Waals surface area contributed by atoms with E-state index in [9.17, 15) is 24.6 Å². The van der Waals surface area contributed by atoms with Crippen LogP contribution in [0.3, 0.4) is 0 Å². The van der Waals surface area contributed by atoms with Gasteiger partial charge in [-0.05, 0) is 98.7 Å². The molecule has 3 saturated carbocycles. The summed E-state index contributed by atoms with van der Waals surface area (Å²) < 4.78 is 33.1. The van der Waals surface area contributed by atoms with Crippen molar-refractivity contribution in [2.75, 3.05) is 11.9 Å². The molecule has 0 heterocycles. The molecule has 4 aliphatic rings. The monoisotopic (exact) mass is 639 g/mol. The molecule has 0 radical (unpaired) electrons. The number of allylic oxidation sites excluding steroid dienone is 4. The van der Waals surface area contributed by atoms with Crippen LogP contribution in [0.15, 0.2) is 82.1 Å². The van der Waals surface area contributed by atoms with Gasteiger partial charge in [0.1, 0.15) is 12.8 Å². The Morgan fingerprint density at radius 3 is 2.62 bits per heavy atom. The number of rotatable bonds is 9. The molecule has 3 fully saturated rings. The van der Waals surface area contributed by atoms with Crippen LogP contribution in [0.2, 0.25) is 0 Å². The molecule has 45 heavy (non-hydrogen) atoms. The van der Waals surface area contributed by atoms with Crippen molar-refractivity contribution >= 4 is 35.4 Å². The van der Waals surface area contributed by atoms with Gasteiger partial charge in [0.15, 0.2) is 28.6 Å². The Balaban J connectivity index is 1.25. The van der Waals surface area contributed by atoms with Gasteiger partial charge < -0.3 is 20.4 Å². The Hall–Kier alpha value is -3.38. The van der Waals surface area contributed by atoms with Crippen LogP contribution in [0.4, 0.5) is 14.5 Å². The number of alkyl halides is 2. The van der Waals surface area contributed by atoms with Gasteiger partial charge >= 0.3 is 0 Å². The number of fused-ring (bicyclic) bond motifs is 5. The normalized spacial score (nSPS) is 36.8. The highest BCUT2D eigenvalue weighted by Crippen LogP contribution is 2.70. The SMILES string of the molecule is CC12CC(O)[C@@]3(F)C(C[C@H](F)C4=CC(=O)C=CC43C)C1CCC2(OOc1ccc(Sc2cccc(NC=O)c2)cc1)C(=O)CO. The van der Waals surface area contributed by atoms with E-state index in [1.165, 1.54) is 30.8 Å². The molecule has 238 valence electrons. The second kappa shape index (κ2) is 11.5. The van der Waals surface area contributed by atoms with Crippen molar-refractivity contribution in [2.24, 2.45) is 22.7 Å². The maximum atomic E-state index is 17.4. The number of hydrogen-bond acceptors (Lipinski definition) is 8. The smallest absolute Gasteiger partial charge is 0.211 e. The van der Waals surface area contributed by atoms with E-state index in [-0.39, 0.29) is 37.0 Å². The largest absolute Gasteiger partial charge is 0.390 e. The second-order valence-corrected chi connectivity index (χ2v) is 14.0. The molecule has 1 amide bonds. The Morgan fingerprint density at radius 2 is 1.91 bits per heavy atom. The zero-order chi connectivity index (χ0) is 32.2. The van der Waals surface area contributed by atoms with E-state index in [4.69, 9.17) is 9.78 Å². The zero-order valence-electron chi connectivity index (χ0n) is 24.9. The predicted molar refractivity (Wildman–Crippen MR) is 162 cm³/mol. The molecule has 8 nitrogen and oxygen atoms in total. The van der Waals surface area contributed by atoms with E-state index < -0.39 is 64.4 Å². The van der Waals surface area contributed by atoms with Gasteiger partial charge in [-0.3, -0.25) is 14.4 Å². The lowest BCUT2D eigenvalue weighted by atomic mass is 9.44. The van der Waals surface area contributed by atoms with Gasteiger partial charge in [0, 0.05) is 32.2 Å². The van der Waals surface area contributed by atoms with Crippen LogP contribution in [0, 0.1) is 22.7 Å². The number of aliphatic hydroxyl groups is 2. The highest BCUT2D eigenvalue weighted by molar-refractivity contribution is 7.99. The number of carbonyl (C=O) groups is 3. The van der Waals surface area contributed by atoms with E-state index in [0.717, 1.165) is 15.9 Å². The maximum absolute atomic E-state index is 17.4. The molecule has 6 rings (SSSR count). The number of amides is 1. The molecule has 2 aromatic carbocycles. The van der Waals surface area contributed by atoms with Crippen LogP contribution in [-0.2, 0) is 19.3 Å². The minimum atomic E-state index is -2.29. The van der Waals surface area contributed by atoms with E-state index in [1.807, 2.05) is 18.2 Å². The minimum Gasteiger partial charge on any atom is -0.390 e. The minimum absolute atomic E-state index is 0.0265. The lowest BCUT2D eigenvalue weighted by Crippen LogP contribution is -2.70. The predicted octanol–water partition coefficient (Wildman–Crippen LogP) is 5.34. The Labute approximate surface area is 263 Å². The third-order valence-corrected chi connectivity index (χ3v) is 11.7. The van der Waals surface area contributed by atoms with Crippen LogP contribution in [0.25, 0.3) is 0 Å². The topological polar surface area (TPSA) is 122 Å². The first-order valence-electron chi connectivity index (χ1n) is 15.0. The lowest BCUT2D eigenvalue weighted by Gasteiger charge is -2.63. The summed E-state index contributed by atoms with van der Waals surface area (Å²) >= 11 is 1.46. The fraction of sp³-hybridized carbons (Fsp3) is 0.441. The molecular formula is C34H35F2NO7S. The molecular weight excluding hydrogens is 604 g/mol. The number of ketones is 2. The standard InChI is InChI=1S/C34H35F2NO7S/c1-31-12-10-21(40)15-27(31)28(35)16-26-25-11-13-33(30(42)18-38,32(25,2)17-29(41)34(26,31)36)44-43-22-6-8-23(9-7-22)45-24-5-3-4-20(14-24)37-19-39/h3-10,12,14-15,19,25-26,28-29,38,41H,11,13,16-18H2,1-2H3,(H,37,39)/t25?,26?,28-,29?,31?,32?,33?,34-/m0/s1. The van der Waals surface area contributed by atoms with Gasteiger partial charge in [-0.15, -0.1) is 0 Å². The second-order valence-electron chi connectivity index (χ2n) is 12.8. The van der Waals surface area contributed by atoms with Crippen molar-refractivity contribution < 1.29 is 43.2 Å². The van der Waals surface area contributed by atoms with Crippen LogP contribution in [0.1, 0.15) is 39.5 Å². The molecule has 3 N–H and O–H groups in total. The maximum Gasteiger partial charge on any atom is 0.211 e. The third kappa shape index (κ3) is 4.78. The van der Waals surface area contributed by atoms with Crippen molar-refractivity contribution in [1.82, 2.24) is 0 Å². The van der Waals surface area contributed by atoms with Gasteiger partial charge in [0.05, 0.1) is 6.10 Å². The van der Waals surface area contributed by atoms with E-state index in [1.54, 1.807) is 37.3 Å². The van der Waals surface area contributed by atoms with E-state index >= 15 is 8.78 Å². The molecule has 2 aromatic rings. The number of aliphatic hydroxyl groups excluding tert-OH is 2. The summed E-state index contributed by atoms with van der Waals surface area (Å²) in [7, 11) is 0. The average Bonchev–Trinajstić information content (AvgIpc) is 3.31. The van der Waals surface area contributed by atoms with Crippen molar-refractivity contribution in [1.29, 1.82) is 0 Å². The number of halogens is 2. The Morgan fingerprint density at radius 1 is 1.16 bits per heavy atom. The summed E-state index contributed by atoms with van der Waals surface area (Å²) in [6.07, 6.45) is 1.02. The molecule has 8 atom stereocenters. The van der Waals surface area contributed by atoms with Gasteiger partial charge in [-0.2, -0.15) is 4.89 Å². The summed E-state index contributed by atoms with van der Waals surface area (Å²) in [6, 6.07) is 14.2. The van der Waals surface area contributed by atoms with Crippen LogP contribution >= 0.6 is 11.8 Å². The average molecular weight is 640 g/mol. The summed E-state index contributed by atoms with van der Waals surface area (Å²) in [5, 5.41) is 24.2. The van der Waals surface area contributed by atoms with E-state index in [0.29, 0.717) is 12.1 Å². The number of benzene rings is 2. The molecule has 6 unspecified atom stereocenters. The fourth-order valence-corrected chi connectivity index (χ4v) is 9.37. The first kappa shape index (κ1) is 31.6. The van der Waals surface area contributed by atoms with Crippen molar-refractivity contribution in [3.8, 4) is 5.75 Å². The van der Waals surface area contributed by atoms with Crippen LogP contribution < -0.4 is 10.2 Å². The number of nitrogens with one attached hydrogen (secondary N) is 1. The van der Waals surface area contributed by atoms with Gasteiger partial charge in [-0.25, -0.2) is 8.78 Å². The molecule has 4 aliphatic carbocycles. The Kier molecular flexibility index (Phi) is 8.04. The van der Waals surface area contributed by atoms with Crippen LogP contribution in [0.5, 0.6) is 5.75 Å². The van der Waals surface area contributed by atoms with Crippen LogP contribution in [-0.4, -0.2) is 58.3 Å². The first-order chi connectivity index (χ1) is 21.4. The Bertz CT molecular complexity index is 1580. The number of Topliss-reactive ketones (excluding diaryl/α,β-unsaturated/α-hetero) is 1. The molecule has 0 spiro atoms. The van der Waals surface area contributed by atoms with Crippen molar-refractivity contribution in [2.45, 2.75) is 72.9 Å². The first-order valence-corrected chi connectivity index (χ1v) is 15.8. The molecule has 0 bridgehead atoms. The highest BCUT2D eigenvalue weighted by Gasteiger charge is 2.76. The summed E-state index contributed by atoms with van der Waals surface area (Å²) in [5.41, 5.74) is -6.07. The fourth-order valence-electron chi connectivity index (χ4n) is 8.50. The number of carbonyl (C=O) groups excluding carboxylic acids is 3. The molecule has 0 aliphatic heterocycles. The van der Waals surface area contributed by atoms with Gasteiger partial charge in [0.25, 0.3) is 0 Å². The quantitative estimate of drug-likeness (QED) is 0.191. The summed E-state index contributed by atoms with van der Waals surface area (Å²) in [6.45, 7) is 2.38. The molecule has 0 aromatic heterocycles. The molecule has 11 heteroatoms. The van der Waals surface area contributed by atoms with Crippen molar-refractivity contribution in [3.63, 3.8) is 0 Å². The number of hydrogen-bond donors (Lipinski definition) is 3. The third-order valence-electron chi connectivity index (χ3n) is 10.7. The number of anilines is 1.